The molecule has 0 unspecified atom stereocenters. The molecular formula is C19H20ClN5OS. The zero-order valence-corrected chi connectivity index (χ0v) is 16.3. The number of halogens is 1. The predicted molar refractivity (Wildman–Crippen MR) is 111 cm³/mol. The number of anilines is 1. The lowest BCUT2D eigenvalue weighted by Gasteiger charge is -2.36. The van der Waals surface area contributed by atoms with Crippen molar-refractivity contribution in [1.29, 1.82) is 0 Å². The lowest BCUT2D eigenvalue weighted by molar-refractivity contribution is 0.246. The van der Waals surface area contributed by atoms with Crippen molar-refractivity contribution in [3.05, 3.63) is 62.7 Å². The third-order valence-electron chi connectivity index (χ3n) is 4.94. The lowest BCUT2D eigenvalue weighted by Crippen LogP contribution is -2.47. The van der Waals surface area contributed by atoms with Crippen LogP contribution in [-0.4, -0.2) is 52.2 Å². The molecule has 0 radical (unpaired) electrons. The van der Waals surface area contributed by atoms with E-state index >= 15 is 0 Å². The highest BCUT2D eigenvalue weighted by Gasteiger charge is 2.17. The number of hydrogen-bond acceptors (Lipinski definition) is 5. The van der Waals surface area contributed by atoms with Gasteiger partial charge >= 0.3 is 0 Å². The fourth-order valence-corrected chi connectivity index (χ4v) is 3.89. The topological polar surface area (TPSA) is 57.2 Å². The van der Waals surface area contributed by atoms with Gasteiger partial charge in [-0.25, -0.2) is 4.98 Å². The average molecular weight is 402 g/mol. The fourth-order valence-electron chi connectivity index (χ4n) is 3.43. The van der Waals surface area contributed by atoms with Crippen molar-refractivity contribution in [1.82, 2.24) is 19.4 Å². The molecule has 0 spiro atoms. The summed E-state index contributed by atoms with van der Waals surface area (Å²) < 4.78 is 2.05. The smallest absolute Gasteiger partial charge is 0.263 e. The molecule has 1 N–H and O–H groups in total. The van der Waals surface area contributed by atoms with Gasteiger partial charge in [0.15, 0.2) is 4.77 Å². The van der Waals surface area contributed by atoms with Gasteiger partial charge in [-0.2, -0.15) is 0 Å². The van der Waals surface area contributed by atoms with Crippen LogP contribution in [0.15, 0.2) is 47.4 Å². The minimum atomic E-state index is -0.0839. The van der Waals surface area contributed by atoms with E-state index in [9.17, 15) is 4.79 Å². The molecular weight excluding hydrogens is 382 g/mol. The van der Waals surface area contributed by atoms with Gasteiger partial charge < -0.3 is 9.88 Å². The molecule has 3 heterocycles. The van der Waals surface area contributed by atoms with Crippen LogP contribution < -0.4 is 10.5 Å². The van der Waals surface area contributed by atoms with E-state index in [1.165, 1.54) is 0 Å². The van der Waals surface area contributed by atoms with Crippen molar-refractivity contribution in [3.63, 3.8) is 0 Å². The fraction of sp³-hybridized carbons (Fsp3) is 0.316. The summed E-state index contributed by atoms with van der Waals surface area (Å²) in [7, 11) is 0. The first-order valence-corrected chi connectivity index (χ1v) is 9.71. The molecule has 4 rings (SSSR count). The Morgan fingerprint density at radius 2 is 1.93 bits per heavy atom. The third kappa shape index (κ3) is 3.90. The Kier molecular flexibility index (Phi) is 5.24. The Morgan fingerprint density at radius 1 is 1.11 bits per heavy atom. The monoisotopic (exact) mass is 401 g/mol. The SMILES string of the molecule is O=c1c2cccnc2[nH]c(=S)n1CCN1CCN(c2cccc(Cl)c2)CC1. The van der Waals surface area contributed by atoms with Gasteiger partial charge in [-0.1, -0.05) is 17.7 Å². The average Bonchev–Trinajstić information content (AvgIpc) is 2.68. The molecule has 0 amide bonds. The van der Waals surface area contributed by atoms with Gasteiger partial charge in [-0.15, -0.1) is 0 Å². The van der Waals surface area contributed by atoms with E-state index in [0.29, 0.717) is 22.3 Å². The van der Waals surface area contributed by atoms with E-state index < -0.39 is 0 Å². The second-order valence-electron chi connectivity index (χ2n) is 6.60. The summed E-state index contributed by atoms with van der Waals surface area (Å²) in [4.78, 5) is 24.6. The standard InChI is InChI=1S/C19H20ClN5OS/c20-14-3-1-4-15(13-14)24-10-7-23(8-11-24)9-12-25-18(26)16-5-2-6-21-17(16)22-19(25)27/h1-6,13H,7-12H2,(H,21,22,27). The van der Waals surface area contributed by atoms with Gasteiger partial charge in [0, 0.05) is 56.2 Å². The van der Waals surface area contributed by atoms with Gasteiger partial charge in [-0.3, -0.25) is 14.3 Å². The first-order valence-electron chi connectivity index (χ1n) is 8.92. The summed E-state index contributed by atoms with van der Waals surface area (Å²) in [6.45, 7) is 5.09. The summed E-state index contributed by atoms with van der Waals surface area (Å²) >= 11 is 11.5. The van der Waals surface area contributed by atoms with E-state index in [1.807, 2.05) is 18.2 Å². The molecule has 0 aliphatic carbocycles. The van der Waals surface area contributed by atoms with Crippen LogP contribution in [0.3, 0.4) is 0 Å². The Balaban J connectivity index is 1.41. The number of H-pyrrole nitrogens is 1. The molecule has 1 aliphatic rings. The number of nitrogens with zero attached hydrogens (tertiary/aromatic N) is 4. The first kappa shape index (κ1) is 18.2. The van der Waals surface area contributed by atoms with Crippen molar-refractivity contribution in [2.75, 3.05) is 37.6 Å². The maximum atomic E-state index is 12.7. The van der Waals surface area contributed by atoms with Crippen LogP contribution in [-0.2, 0) is 6.54 Å². The van der Waals surface area contributed by atoms with Gasteiger partial charge in [0.2, 0.25) is 0 Å². The number of pyridine rings is 1. The highest BCUT2D eigenvalue weighted by molar-refractivity contribution is 7.71. The van der Waals surface area contributed by atoms with E-state index in [0.717, 1.165) is 43.4 Å². The zero-order valence-electron chi connectivity index (χ0n) is 14.8. The molecule has 0 saturated carbocycles. The molecule has 27 heavy (non-hydrogen) atoms. The molecule has 6 nitrogen and oxygen atoms in total. The molecule has 0 atom stereocenters. The summed E-state index contributed by atoms with van der Waals surface area (Å²) in [6, 6.07) is 11.5. The zero-order chi connectivity index (χ0) is 18.8. The van der Waals surface area contributed by atoms with Crippen LogP contribution in [0, 0.1) is 4.77 Å². The summed E-state index contributed by atoms with van der Waals surface area (Å²) in [5.74, 6) is 0. The van der Waals surface area contributed by atoms with Gasteiger partial charge in [0.05, 0.1) is 5.39 Å². The van der Waals surface area contributed by atoms with Crippen LogP contribution >= 0.6 is 23.8 Å². The van der Waals surface area contributed by atoms with Gasteiger partial charge in [-0.05, 0) is 42.5 Å². The van der Waals surface area contributed by atoms with Crippen LogP contribution in [0.25, 0.3) is 11.0 Å². The number of fused-ring (bicyclic) bond motifs is 1. The number of piperazine rings is 1. The second kappa shape index (κ2) is 7.80. The molecule has 1 fully saturated rings. The normalized spacial score (nSPS) is 15.4. The maximum absolute atomic E-state index is 12.7. The molecule has 2 aromatic heterocycles. The maximum Gasteiger partial charge on any atom is 0.263 e. The number of aromatic amines is 1. The van der Waals surface area contributed by atoms with Gasteiger partial charge in [0.25, 0.3) is 5.56 Å². The molecule has 8 heteroatoms. The largest absolute Gasteiger partial charge is 0.369 e. The van der Waals surface area contributed by atoms with Crippen LogP contribution in [0.4, 0.5) is 5.69 Å². The Morgan fingerprint density at radius 3 is 2.70 bits per heavy atom. The van der Waals surface area contributed by atoms with E-state index in [2.05, 4.69) is 25.8 Å². The molecule has 140 valence electrons. The summed E-state index contributed by atoms with van der Waals surface area (Å²) in [5.41, 5.74) is 1.61. The number of rotatable bonds is 4. The van der Waals surface area contributed by atoms with Crippen molar-refractivity contribution in [2.24, 2.45) is 0 Å². The van der Waals surface area contributed by atoms with Crippen molar-refractivity contribution >= 4 is 40.5 Å². The number of aromatic nitrogens is 3. The lowest BCUT2D eigenvalue weighted by atomic mass is 10.2. The number of benzene rings is 1. The molecule has 1 aromatic carbocycles. The van der Waals surface area contributed by atoms with Gasteiger partial charge in [0.1, 0.15) is 5.65 Å². The Hall–Kier alpha value is -2.22. The number of hydrogen-bond donors (Lipinski definition) is 1. The van der Waals surface area contributed by atoms with E-state index in [4.69, 9.17) is 23.8 Å². The third-order valence-corrected chi connectivity index (χ3v) is 5.50. The minimum Gasteiger partial charge on any atom is -0.369 e. The highest BCUT2D eigenvalue weighted by Crippen LogP contribution is 2.20. The van der Waals surface area contributed by atoms with Crippen LogP contribution in [0.2, 0.25) is 5.02 Å². The summed E-state index contributed by atoms with van der Waals surface area (Å²) in [6.07, 6.45) is 1.65. The molecule has 0 bridgehead atoms. The van der Waals surface area contributed by atoms with E-state index in [1.54, 1.807) is 22.9 Å². The quantitative estimate of drug-likeness (QED) is 0.681. The van der Waals surface area contributed by atoms with Crippen molar-refractivity contribution in [2.45, 2.75) is 6.54 Å². The van der Waals surface area contributed by atoms with Crippen molar-refractivity contribution in [3.8, 4) is 0 Å². The molecule has 3 aromatic rings. The Bertz CT molecular complexity index is 1070. The van der Waals surface area contributed by atoms with Crippen LogP contribution in [0.5, 0.6) is 0 Å². The highest BCUT2D eigenvalue weighted by atomic mass is 35.5. The molecule has 1 aliphatic heterocycles. The summed E-state index contributed by atoms with van der Waals surface area (Å²) in [5, 5.41) is 1.33. The van der Waals surface area contributed by atoms with Crippen molar-refractivity contribution < 1.29 is 0 Å². The van der Waals surface area contributed by atoms with Crippen LogP contribution in [0.1, 0.15) is 0 Å². The molecule has 1 saturated heterocycles. The Labute approximate surface area is 167 Å². The minimum absolute atomic E-state index is 0.0839. The predicted octanol–water partition coefficient (Wildman–Crippen LogP) is 2.93. The first-order chi connectivity index (χ1) is 13.1. The second-order valence-corrected chi connectivity index (χ2v) is 7.42. The van der Waals surface area contributed by atoms with E-state index in [-0.39, 0.29) is 5.56 Å². The number of nitrogens with one attached hydrogen (secondary N) is 1.